The zero-order chi connectivity index (χ0) is 18.6. The summed E-state index contributed by atoms with van der Waals surface area (Å²) in [6.45, 7) is 2.68. The minimum atomic E-state index is 0. The van der Waals surface area contributed by atoms with Crippen LogP contribution in [0.4, 0.5) is 0 Å². The number of benzene rings is 1. The molecule has 1 N–H and O–H groups in total. The van der Waals surface area contributed by atoms with Crippen LogP contribution in [0, 0.1) is 5.92 Å². The second-order valence-electron chi connectivity index (χ2n) is 6.97. The van der Waals surface area contributed by atoms with Crippen molar-refractivity contribution >= 4 is 48.1 Å². The molecular weight excluding hydrogens is 427 g/mol. The zero-order valence-corrected chi connectivity index (χ0v) is 18.7. The molecule has 3 heterocycles. The lowest BCUT2D eigenvalue weighted by atomic mass is 10.1. The lowest BCUT2D eigenvalue weighted by Crippen LogP contribution is -2.30. The number of rotatable bonds is 6. The number of hydrogen-bond acceptors (Lipinski definition) is 4. The van der Waals surface area contributed by atoms with Crippen LogP contribution in [0.25, 0.3) is 5.65 Å². The van der Waals surface area contributed by atoms with Gasteiger partial charge in [-0.3, -0.25) is 4.79 Å². The van der Waals surface area contributed by atoms with Crippen LogP contribution in [0.15, 0.2) is 59.8 Å². The van der Waals surface area contributed by atoms with E-state index in [4.69, 9.17) is 0 Å². The van der Waals surface area contributed by atoms with Gasteiger partial charge in [-0.05, 0) is 62.3 Å². The Kier molecular flexibility index (Phi) is 8.83. The molecule has 2 aromatic heterocycles. The number of carbonyl (C=O) groups excluding carboxylic acids is 1. The molecule has 156 valence electrons. The molecule has 0 aliphatic carbocycles. The van der Waals surface area contributed by atoms with Crippen LogP contribution < -0.4 is 5.32 Å². The second-order valence-corrected chi connectivity index (χ2v) is 8.02. The van der Waals surface area contributed by atoms with Crippen LogP contribution in [-0.2, 0) is 5.75 Å². The first-order valence-electron chi connectivity index (χ1n) is 9.32. The summed E-state index contributed by atoms with van der Waals surface area (Å²) >= 11 is 1.74. The van der Waals surface area contributed by atoms with Gasteiger partial charge in [-0.1, -0.05) is 6.07 Å². The first kappa shape index (κ1) is 23.5. The van der Waals surface area contributed by atoms with Gasteiger partial charge in [0.05, 0.1) is 5.69 Å². The van der Waals surface area contributed by atoms with Gasteiger partial charge in [0.2, 0.25) is 0 Å². The average Bonchev–Trinajstić information content (AvgIpc) is 3.33. The number of hydrogen-bond donors (Lipinski definition) is 1. The van der Waals surface area contributed by atoms with Crippen molar-refractivity contribution in [3.8, 4) is 0 Å². The Bertz CT molecular complexity index is 899. The van der Waals surface area contributed by atoms with Crippen molar-refractivity contribution in [2.24, 2.45) is 5.92 Å². The molecule has 29 heavy (non-hydrogen) atoms. The molecule has 1 atom stereocenters. The summed E-state index contributed by atoms with van der Waals surface area (Å²) in [5, 5.41) is 3.20. The predicted molar refractivity (Wildman–Crippen MR) is 124 cm³/mol. The van der Waals surface area contributed by atoms with E-state index in [9.17, 15) is 4.79 Å². The predicted octanol–water partition coefficient (Wildman–Crippen LogP) is 4.15. The Morgan fingerprint density at radius 1 is 1.21 bits per heavy atom. The van der Waals surface area contributed by atoms with Gasteiger partial charge in [0.1, 0.15) is 5.65 Å². The summed E-state index contributed by atoms with van der Waals surface area (Å²) in [5.41, 5.74) is 2.80. The highest BCUT2D eigenvalue weighted by Gasteiger charge is 2.26. The Hall–Kier alpha value is -1.73. The van der Waals surface area contributed by atoms with Crippen LogP contribution in [0.1, 0.15) is 22.5 Å². The Morgan fingerprint density at radius 3 is 2.72 bits per heavy atom. The number of pyridine rings is 1. The van der Waals surface area contributed by atoms with Gasteiger partial charge in [-0.2, -0.15) is 0 Å². The molecule has 1 fully saturated rings. The minimum absolute atomic E-state index is 0. The van der Waals surface area contributed by atoms with E-state index in [1.165, 1.54) is 0 Å². The van der Waals surface area contributed by atoms with Gasteiger partial charge in [0.25, 0.3) is 5.91 Å². The van der Waals surface area contributed by atoms with Crippen molar-refractivity contribution in [2.75, 3.05) is 26.7 Å². The normalized spacial score (nSPS) is 15.8. The molecule has 0 radical (unpaired) electrons. The second kappa shape index (κ2) is 10.9. The molecule has 1 unspecified atom stereocenters. The van der Waals surface area contributed by atoms with E-state index in [1.54, 1.807) is 11.8 Å². The van der Waals surface area contributed by atoms with Gasteiger partial charge in [0, 0.05) is 41.7 Å². The van der Waals surface area contributed by atoms with E-state index < -0.39 is 0 Å². The minimum Gasteiger partial charge on any atom is -0.338 e. The third kappa shape index (κ3) is 5.66. The van der Waals surface area contributed by atoms with Crippen molar-refractivity contribution in [1.82, 2.24) is 19.6 Å². The molecule has 1 aliphatic heterocycles. The highest BCUT2D eigenvalue weighted by molar-refractivity contribution is 7.98. The number of imidazole rings is 1. The van der Waals surface area contributed by atoms with Crippen LogP contribution in [0.3, 0.4) is 0 Å². The van der Waals surface area contributed by atoms with Crippen molar-refractivity contribution in [3.05, 3.63) is 66.1 Å². The van der Waals surface area contributed by atoms with E-state index in [1.807, 2.05) is 65.0 Å². The molecule has 1 saturated heterocycles. The Morgan fingerprint density at radius 2 is 2.00 bits per heavy atom. The molecule has 0 saturated carbocycles. The molecule has 0 spiro atoms. The summed E-state index contributed by atoms with van der Waals surface area (Å²) in [6, 6.07) is 14.0. The third-order valence-corrected chi connectivity index (χ3v) is 6.01. The number of thioether (sulfide) groups is 1. The highest BCUT2D eigenvalue weighted by Crippen LogP contribution is 2.24. The summed E-state index contributed by atoms with van der Waals surface area (Å²) in [6.07, 6.45) is 5.16. The van der Waals surface area contributed by atoms with E-state index in [-0.39, 0.29) is 30.7 Å². The Labute approximate surface area is 188 Å². The number of nitrogens with one attached hydrogen (secondary N) is 1. The zero-order valence-electron chi connectivity index (χ0n) is 16.3. The van der Waals surface area contributed by atoms with Gasteiger partial charge < -0.3 is 14.6 Å². The van der Waals surface area contributed by atoms with Crippen molar-refractivity contribution in [3.63, 3.8) is 0 Å². The molecule has 4 rings (SSSR count). The van der Waals surface area contributed by atoms with Crippen LogP contribution in [0.2, 0.25) is 0 Å². The number of nitrogens with zero attached hydrogens (tertiary/aromatic N) is 3. The number of carbonyl (C=O) groups is 1. The fraction of sp³-hybridized carbons (Fsp3) is 0.333. The van der Waals surface area contributed by atoms with E-state index in [0.29, 0.717) is 5.92 Å². The lowest BCUT2D eigenvalue weighted by Gasteiger charge is -2.16. The molecule has 1 aliphatic rings. The number of likely N-dealkylation sites (tertiary alicyclic amines) is 1. The monoisotopic (exact) mass is 452 g/mol. The van der Waals surface area contributed by atoms with Crippen molar-refractivity contribution in [2.45, 2.75) is 17.1 Å². The van der Waals surface area contributed by atoms with E-state index in [2.05, 4.69) is 16.5 Å². The summed E-state index contributed by atoms with van der Waals surface area (Å²) < 4.78 is 2.04. The maximum Gasteiger partial charge on any atom is 0.253 e. The van der Waals surface area contributed by atoms with Gasteiger partial charge in [-0.15, -0.1) is 36.6 Å². The highest BCUT2D eigenvalue weighted by atomic mass is 35.5. The smallest absolute Gasteiger partial charge is 0.253 e. The molecule has 3 aromatic rings. The average molecular weight is 453 g/mol. The van der Waals surface area contributed by atoms with E-state index >= 15 is 0 Å². The lowest BCUT2D eigenvalue weighted by molar-refractivity contribution is 0.0787. The van der Waals surface area contributed by atoms with Crippen molar-refractivity contribution < 1.29 is 4.79 Å². The van der Waals surface area contributed by atoms with Gasteiger partial charge >= 0.3 is 0 Å². The summed E-state index contributed by atoms with van der Waals surface area (Å²) in [5.74, 6) is 1.52. The molecule has 5 nitrogen and oxygen atoms in total. The number of aromatic nitrogens is 2. The van der Waals surface area contributed by atoms with E-state index in [0.717, 1.165) is 53.6 Å². The first-order chi connectivity index (χ1) is 13.2. The van der Waals surface area contributed by atoms with Crippen LogP contribution in [-0.4, -0.2) is 46.9 Å². The summed E-state index contributed by atoms with van der Waals surface area (Å²) in [4.78, 5) is 20.4. The topological polar surface area (TPSA) is 49.6 Å². The molecule has 8 heteroatoms. The maximum absolute atomic E-state index is 12.7. The first-order valence-corrected chi connectivity index (χ1v) is 10.3. The molecule has 1 aromatic carbocycles. The SMILES string of the molecule is CNCC1CCN(C(=O)c2ccc(SCc3cn4ccccc4n3)cc2)C1.Cl.Cl. The van der Waals surface area contributed by atoms with Gasteiger partial charge in [0.15, 0.2) is 0 Å². The quantitative estimate of drug-likeness (QED) is 0.570. The fourth-order valence-electron chi connectivity index (χ4n) is 3.56. The molecular formula is C21H26Cl2N4OS. The van der Waals surface area contributed by atoms with Crippen LogP contribution >= 0.6 is 36.6 Å². The van der Waals surface area contributed by atoms with Gasteiger partial charge in [-0.25, -0.2) is 4.98 Å². The standard InChI is InChI=1S/C21H24N4OS.2ClH/c1-22-12-16-9-11-25(13-16)21(26)17-5-7-19(8-6-17)27-15-18-14-24-10-3-2-4-20(24)23-18;;/h2-8,10,14,16,22H,9,11-13,15H2,1H3;2*1H. The molecule has 0 bridgehead atoms. The van der Waals surface area contributed by atoms with Crippen molar-refractivity contribution in [1.29, 1.82) is 0 Å². The fourth-order valence-corrected chi connectivity index (χ4v) is 4.34. The number of halogens is 2. The van der Waals surface area contributed by atoms with Crippen LogP contribution in [0.5, 0.6) is 0 Å². The number of amides is 1. The Balaban J connectivity index is 0.00000150. The number of fused-ring (bicyclic) bond motifs is 1. The molecule has 1 amide bonds. The maximum atomic E-state index is 12.7. The summed E-state index contributed by atoms with van der Waals surface area (Å²) in [7, 11) is 1.97. The third-order valence-electron chi connectivity index (χ3n) is 4.97. The largest absolute Gasteiger partial charge is 0.338 e.